The van der Waals surface area contributed by atoms with Gasteiger partial charge >= 0.3 is 0 Å². The molecule has 1 heterocycles. The van der Waals surface area contributed by atoms with Crippen LogP contribution in [-0.2, 0) is 16.3 Å². The number of aromatic nitrogens is 2. The molecule has 0 bridgehead atoms. The van der Waals surface area contributed by atoms with E-state index in [0.717, 1.165) is 33.4 Å². The Morgan fingerprint density at radius 2 is 1.52 bits per heavy atom. The molecule has 0 unspecified atom stereocenters. The van der Waals surface area contributed by atoms with E-state index in [4.69, 9.17) is 4.98 Å². The fraction of sp³-hybridized carbons (Fsp3) is 0.130. The van der Waals surface area contributed by atoms with Gasteiger partial charge in [-0.25, -0.2) is 18.4 Å². The standard InChI is InChI=1S/C23H21N3O2S/c1-29(27,28)16-15-17-11-13-19(14-12-17)24-23-25-21-10-6-5-9-20(21)22(26-23)18-7-3-2-4-8-18/h2-14H,15-16H2,1H3,(H,24,25,26). The number of sulfone groups is 1. The van der Waals surface area contributed by atoms with Crippen molar-refractivity contribution in [3.8, 4) is 11.3 Å². The monoisotopic (exact) mass is 403 g/mol. The number of nitrogens with zero attached hydrogens (tertiary/aromatic N) is 2. The number of hydrogen-bond donors (Lipinski definition) is 1. The van der Waals surface area contributed by atoms with E-state index in [1.54, 1.807) is 0 Å². The van der Waals surface area contributed by atoms with Gasteiger partial charge in [-0.3, -0.25) is 0 Å². The molecular weight excluding hydrogens is 382 g/mol. The first-order valence-corrected chi connectivity index (χ1v) is 11.4. The first-order chi connectivity index (χ1) is 14.0. The number of nitrogens with one attached hydrogen (secondary N) is 1. The van der Waals surface area contributed by atoms with Crippen LogP contribution in [0.25, 0.3) is 22.2 Å². The zero-order valence-corrected chi connectivity index (χ0v) is 16.9. The molecule has 0 fully saturated rings. The number of anilines is 2. The van der Waals surface area contributed by atoms with Crippen molar-refractivity contribution in [1.82, 2.24) is 9.97 Å². The van der Waals surface area contributed by atoms with Gasteiger partial charge in [0.15, 0.2) is 0 Å². The van der Waals surface area contributed by atoms with Crippen molar-refractivity contribution >= 4 is 32.4 Å². The highest BCUT2D eigenvalue weighted by atomic mass is 32.2. The van der Waals surface area contributed by atoms with Crippen molar-refractivity contribution in [3.63, 3.8) is 0 Å². The molecule has 0 atom stereocenters. The highest BCUT2D eigenvalue weighted by molar-refractivity contribution is 7.90. The quantitative estimate of drug-likeness (QED) is 0.508. The maximum atomic E-state index is 11.3. The highest BCUT2D eigenvalue weighted by Gasteiger charge is 2.10. The van der Waals surface area contributed by atoms with Crippen LogP contribution >= 0.6 is 0 Å². The summed E-state index contributed by atoms with van der Waals surface area (Å²) in [6, 6.07) is 25.7. The van der Waals surface area contributed by atoms with Crippen molar-refractivity contribution in [2.45, 2.75) is 6.42 Å². The SMILES string of the molecule is CS(=O)(=O)CCc1ccc(Nc2nc(-c3ccccc3)c3ccccc3n2)cc1. The average molecular weight is 404 g/mol. The minimum atomic E-state index is -2.97. The molecule has 4 rings (SSSR count). The lowest BCUT2D eigenvalue weighted by molar-refractivity contribution is 0.601. The summed E-state index contributed by atoms with van der Waals surface area (Å²) in [5.74, 6) is 0.667. The molecule has 4 aromatic rings. The fourth-order valence-corrected chi connectivity index (χ4v) is 3.74. The lowest BCUT2D eigenvalue weighted by atomic mass is 10.1. The molecule has 0 radical (unpaired) electrons. The van der Waals surface area contributed by atoms with Crippen molar-refractivity contribution in [1.29, 1.82) is 0 Å². The Bertz CT molecular complexity index is 1240. The van der Waals surface area contributed by atoms with Crippen LogP contribution in [0.2, 0.25) is 0 Å². The van der Waals surface area contributed by atoms with Gasteiger partial charge in [0.25, 0.3) is 0 Å². The third kappa shape index (κ3) is 4.78. The number of para-hydroxylation sites is 1. The van der Waals surface area contributed by atoms with E-state index in [0.29, 0.717) is 12.4 Å². The Balaban J connectivity index is 1.63. The number of fused-ring (bicyclic) bond motifs is 1. The molecule has 0 saturated heterocycles. The fourth-order valence-electron chi connectivity index (χ4n) is 3.14. The van der Waals surface area contributed by atoms with Gasteiger partial charge < -0.3 is 5.32 Å². The van der Waals surface area contributed by atoms with Gasteiger partial charge in [-0.1, -0.05) is 60.7 Å². The molecule has 5 nitrogen and oxygen atoms in total. The van der Waals surface area contributed by atoms with E-state index in [9.17, 15) is 8.42 Å². The topological polar surface area (TPSA) is 72.0 Å². The number of benzene rings is 3. The molecule has 0 aliphatic carbocycles. The van der Waals surface area contributed by atoms with E-state index in [1.807, 2.05) is 78.9 Å². The van der Waals surface area contributed by atoms with Crippen LogP contribution in [0.15, 0.2) is 78.9 Å². The predicted molar refractivity (Wildman–Crippen MR) is 118 cm³/mol. The second-order valence-electron chi connectivity index (χ2n) is 6.98. The average Bonchev–Trinajstić information content (AvgIpc) is 2.73. The van der Waals surface area contributed by atoms with Crippen LogP contribution in [0, 0.1) is 0 Å². The molecular formula is C23H21N3O2S. The van der Waals surface area contributed by atoms with Gasteiger partial charge in [0.1, 0.15) is 9.84 Å². The second kappa shape index (κ2) is 8.01. The molecule has 1 aromatic heterocycles. The van der Waals surface area contributed by atoms with Gasteiger partial charge in [0.05, 0.1) is 17.0 Å². The molecule has 1 N–H and O–H groups in total. The van der Waals surface area contributed by atoms with E-state index in [2.05, 4.69) is 10.3 Å². The molecule has 0 saturated carbocycles. The lowest BCUT2D eigenvalue weighted by Crippen LogP contribution is -2.05. The van der Waals surface area contributed by atoms with Gasteiger partial charge in [-0.2, -0.15) is 0 Å². The Hall–Kier alpha value is -3.25. The molecule has 3 aromatic carbocycles. The van der Waals surface area contributed by atoms with Crippen LogP contribution in [0.3, 0.4) is 0 Å². The predicted octanol–water partition coefficient (Wildman–Crippen LogP) is 4.63. The third-order valence-electron chi connectivity index (χ3n) is 4.62. The van der Waals surface area contributed by atoms with Crippen molar-refractivity contribution < 1.29 is 8.42 Å². The smallest absolute Gasteiger partial charge is 0.228 e. The Kier molecular flexibility index (Phi) is 5.27. The van der Waals surface area contributed by atoms with E-state index >= 15 is 0 Å². The van der Waals surface area contributed by atoms with Gasteiger partial charge in [0, 0.05) is 22.9 Å². The summed E-state index contributed by atoms with van der Waals surface area (Å²) in [6.07, 6.45) is 1.76. The summed E-state index contributed by atoms with van der Waals surface area (Å²) in [4.78, 5) is 9.40. The minimum Gasteiger partial charge on any atom is -0.324 e. The first kappa shape index (κ1) is 19.1. The van der Waals surface area contributed by atoms with Crippen molar-refractivity contribution in [2.75, 3.05) is 17.3 Å². The molecule has 146 valence electrons. The van der Waals surface area contributed by atoms with Gasteiger partial charge in [-0.15, -0.1) is 0 Å². The van der Waals surface area contributed by atoms with Gasteiger partial charge in [0.2, 0.25) is 5.95 Å². The first-order valence-electron chi connectivity index (χ1n) is 9.34. The normalized spacial score (nSPS) is 11.5. The summed E-state index contributed by atoms with van der Waals surface area (Å²) < 4.78 is 22.7. The van der Waals surface area contributed by atoms with E-state index < -0.39 is 9.84 Å². The minimum absolute atomic E-state index is 0.147. The second-order valence-corrected chi connectivity index (χ2v) is 9.24. The molecule has 29 heavy (non-hydrogen) atoms. The lowest BCUT2D eigenvalue weighted by Gasteiger charge is -2.11. The van der Waals surface area contributed by atoms with E-state index in [-0.39, 0.29) is 5.75 Å². The molecule has 0 aliphatic heterocycles. The Morgan fingerprint density at radius 3 is 2.24 bits per heavy atom. The van der Waals surface area contributed by atoms with Crippen LogP contribution in [-0.4, -0.2) is 30.4 Å². The third-order valence-corrected chi connectivity index (χ3v) is 5.57. The molecule has 0 aliphatic rings. The van der Waals surface area contributed by atoms with Crippen LogP contribution in [0.1, 0.15) is 5.56 Å². The summed E-state index contributed by atoms with van der Waals surface area (Å²) in [6.45, 7) is 0. The molecule has 0 spiro atoms. The Morgan fingerprint density at radius 1 is 0.828 bits per heavy atom. The summed E-state index contributed by atoms with van der Waals surface area (Å²) in [5.41, 5.74) is 4.61. The van der Waals surface area contributed by atoms with Crippen LogP contribution < -0.4 is 5.32 Å². The maximum absolute atomic E-state index is 11.3. The Labute approximate surface area is 170 Å². The van der Waals surface area contributed by atoms with Crippen LogP contribution in [0.5, 0.6) is 0 Å². The number of aryl methyl sites for hydroxylation is 1. The number of rotatable bonds is 6. The van der Waals surface area contributed by atoms with Crippen LogP contribution in [0.4, 0.5) is 11.6 Å². The van der Waals surface area contributed by atoms with Crippen molar-refractivity contribution in [3.05, 3.63) is 84.4 Å². The highest BCUT2D eigenvalue weighted by Crippen LogP contribution is 2.28. The largest absolute Gasteiger partial charge is 0.324 e. The molecule has 6 heteroatoms. The maximum Gasteiger partial charge on any atom is 0.228 e. The molecule has 0 amide bonds. The summed E-state index contributed by atoms with van der Waals surface area (Å²) in [7, 11) is -2.97. The zero-order valence-electron chi connectivity index (χ0n) is 16.0. The summed E-state index contributed by atoms with van der Waals surface area (Å²) >= 11 is 0. The van der Waals surface area contributed by atoms with E-state index in [1.165, 1.54) is 6.26 Å². The summed E-state index contributed by atoms with van der Waals surface area (Å²) in [5, 5.41) is 4.27. The van der Waals surface area contributed by atoms with Gasteiger partial charge in [-0.05, 0) is 30.2 Å². The number of hydrogen-bond acceptors (Lipinski definition) is 5. The van der Waals surface area contributed by atoms with Crippen molar-refractivity contribution in [2.24, 2.45) is 0 Å². The zero-order chi connectivity index (χ0) is 20.3.